The van der Waals surface area contributed by atoms with Gasteiger partial charge in [0.1, 0.15) is 11.4 Å². The van der Waals surface area contributed by atoms with Gasteiger partial charge in [0, 0.05) is 19.3 Å². The molecule has 0 spiro atoms. The lowest BCUT2D eigenvalue weighted by Crippen LogP contribution is -2.35. The number of hydrogen-bond acceptors (Lipinski definition) is 6. The van der Waals surface area contributed by atoms with E-state index >= 15 is 0 Å². The van der Waals surface area contributed by atoms with Crippen molar-refractivity contribution in [1.82, 2.24) is 15.2 Å². The molecule has 0 radical (unpaired) electrons. The standard InChI is InChI=1S/C24H27N3O4/c1-5-27(6-2)13-12-25-22(29)17-14-18-15(9-10-24(3,4)31-18)21-19(17)20(28)16-8-7-11-26-23(16)30-21/h7-11,14H,5-6,12-13H2,1-4H3,(H,25,29). The molecule has 3 heterocycles. The van der Waals surface area contributed by atoms with Crippen molar-refractivity contribution in [2.24, 2.45) is 0 Å². The number of amides is 1. The first-order chi connectivity index (χ1) is 14.8. The van der Waals surface area contributed by atoms with Crippen molar-refractivity contribution in [2.45, 2.75) is 33.3 Å². The van der Waals surface area contributed by atoms with Crippen molar-refractivity contribution in [3.05, 3.63) is 51.8 Å². The van der Waals surface area contributed by atoms with Crippen molar-refractivity contribution in [2.75, 3.05) is 26.2 Å². The van der Waals surface area contributed by atoms with Crippen LogP contribution in [0, 0.1) is 0 Å². The van der Waals surface area contributed by atoms with Crippen LogP contribution in [0.1, 0.15) is 43.6 Å². The van der Waals surface area contributed by atoms with Gasteiger partial charge in [-0.05, 0) is 57.3 Å². The van der Waals surface area contributed by atoms with Gasteiger partial charge in [-0.3, -0.25) is 9.59 Å². The quantitative estimate of drug-likeness (QED) is 0.612. The summed E-state index contributed by atoms with van der Waals surface area (Å²) in [5, 5.41) is 3.53. The third-order valence-corrected chi connectivity index (χ3v) is 5.60. The maximum atomic E-state index is 13.3. The molecule has 1 aromatic carbocycles. The van der Waals surface area contributed by atoms with E-state index in [9.17, 15) is 9.59 Å². The Bertz CT molecular complexity index is 1240. The van der Waals surface area contributed by atoms with Gasteiger partial charge in [0.25, 0.3) is 5.91 Å². The molecular formula is C24H27N3O4. The molecule has 1 aliphatic heterocycles. The average molecular weight is 421 g/mol. The lowest BCUT2D eigenvalue weighted by Gasteiger charge is -2.28. The molecule has 0 aliphatic carbocycles. The van der Waals surface area contributed by atoms with Crippen LogP contribution in [0.5, 0.6) is 5.75 Å². The van der Waals surface area contributed by atoms with E-state index in [0.29, 0.717) is 28.8 Å². The van der Waals surface area contributed by atoms with Crippen molar-refractivity contribution >= 4 is 34.1 Å². The molecule has 0 saturated heterocycles. The normalized spacial score (nSPS) is 14.6. The van der Waals surface area contributed by atoms with Gasteiger partial charge < -0.3 is 19.4 Å². The minimum Gasteiger partial charge on any atom is -0.483 e. The number of carbonyl (C=O) groups excluding carboxylic acids is 1. The first kappa shape index (κ1) is 21.1. The molecule has 0 fully saturated rings. The zero-order chi connectivity index (χ0) is 22.2. The number of hydrogen-bond donors (Lipinski definition) is 1. The summed E-state index contributed by atoms with van der Waals surface area (Å²) in [6, 6.07) is 4.98. The van der Waals surface area contributed by atoms with Gasteiger partial charge in [-0.15, -0.1) is 0 Å². The molecule has 0 bridgehead atoms. The van der Waals surface area contributed by atoms with E-state index in [0.717, 1.165) is 19.6 Å². The highest BCUT2D eigenvalue weighted by molar-refractivity contribution is 6.10. The molecule has 1 N–H and O–H groups in total. The molecule has 0 unspecified atom stereocenters. The zero-order valence-corrected chi connectivity index (χ0v) is 18.3. The van der Waals surface area contributed by atoms with Crippen LogP contribution >= 0.6 is 0 Å². The second-order valence-electron chi connectivity index (χ2n) is 8.15. The number of fused-ring (bicyclic) bond motifs is 4. The Morgan fingerprint density at radius 3 is 2.77 bits per heavy atom. The van der Waals surface area contributed by atoms with Gasteiger partial charge >= 0.3 is 0 Å². The predicted molar refractivity (Wildman–Crippen MR) is 122 cm³/mol. The molecule has 1 aliphatic rings. The molecule has 7 heteroatoms. The minimum atomic E-state index is -0.535. The van der Waals surface area contributed by atoms with Crippen LogP contribution in [0.2, 0.25) is 0 Å². The third-order valence-electron chi connectivity index (χ3n) is 5.60. The summed E-state index contributed by atoms with van der Waals surface area (Å²) in [5.41, 5.74) is 0.623. The fraction of sp³-hybridized carbons (Fsp3) is 0.375. The Morgan fingerprint density at radius 1 is 1.26 bits per heavy atom. The molecule has 0 atom stereocenters. The first-order valence-electron chi connectivity index (χ1n) is 10.6. The molecular weight excluding hydrogens is 394 g/mol. The van der Waals surface area contributed by atoms with Crippen molar-refractivity contribution in [1.29, 1.82) is 0 Å². The van der Waals surface area contributed by atoms with Crippen molar-refractivity contribution in [3.63, 3.8) is 0 Å². The Balaban J connectivity index is 1.86. The summed E-state index contributed by atoms with van der Waals surface area (Å²) in [6.45, 7) is 11.1. The molecule has 162 valence electrons. The lowest BCUT2D eigenvalue weighted by molar-refractivity contribution is 0.0948. The molecule has 1 amide bonds. The van der Waals surface area contributed by atoms with Crippen LogP contribution in [0.3, 0.4) is 0 Å². The number of nitrogens with zero attached hydrogens (tertiary/aromatic N) is 2. The van der Waals surface area contributed by atoms with E-state index < -0.39 is 5.60 Å². The number of likely N-dealkylation sites (N-methyl/N-ethyl adjacent to an activating group) is 1. The number of nitrogens with one attached hydrogen (secondary N) is 1. The maximum absolute atomic E-state index is 13.3. The summed E-state index contributed by atoms with van der Waals surface area (Å²) in [6.07, 6.45) is 5.35. The molecule has 0 saturated carbocycles. The van der Waals surface area contributed by atoms with Crippen molar-refractivity contribution < 1.29 is 13.9 Å². The van der Waals surface area contributed by atoms with E-state index in [1.165, 1.54) is 0 Å². The van der Waals surface area contributed by atoms with E-state index in [-0.39, 0.29) is 28.0 Å². The highest BCUT2D eigenvalue weighted by Gasteiger charge is 2.28. The minimum absolute atomic E-state index is 0.236. The summed E-state index contributed by atoms with van der Waals surface area (Å²) in [7, 11) is 0. The van der Waals surface area contributed by atoms with Gasteiger partial charge in [0.05, 0.1) is 21.9 Å². The van der Waals surface area contributed by atoms with Crippen LogP contribution in [-0.2, 0) is 0 Å². The number of pyridine rings is 1. The number of aromatic nitrogens is 1. The molecule has 3 aromatic rings. The van der Waals surface area contributed by atoms with Gasteiger partial charge in [-0.2, -0.15) is 0 Å². The second kappa shape index (κ2) is 8.15. The predicted octanol–water partition coefficient (Wildman–Crippen LogP) is 3.60. The van der Waals surface area contributed by atoms with Crippen LogP contribution in [0.25, 0.3) is 28.1 Å². The topological polar surface area (TPSA) is 84.7 Å². The number of benzene rings is 1. The lowest BCUT2D eigenvalue weighted by atomic mass is 9.97. The third kappa shape index (κ3) is 3.93. The van der Waals surface area contributed by atoms with Gasteiger partial charge in [-0.1, -0.05) is 13.8 Å². The summed E-state index contributed by atoms with van der Waals surface area (Å²) < 4.78 is 12.1. The van der Waals surface area contributed by atoms with Gasteiger partial charge in [0.2, 0.25) is 11.1 Å². The Hall–Kier alpha value is -3.19. The van der Waals surface area contributed by atoms with Gasteiger partial charge in [-0.25, -0.2) is 4.98 Å². The summed E-state index contributed by atoms with van der Waals surface area (Å²) in [4.78, 5) is 32.9. The monoisotopic (exact) mass is 421 g/mol. The average Bonchev–Trinajstić information content (AvgIpc) is 2.75. The molecule has 7 nitrogen and oxygen atoms in total. The second-order valence-corrected chi connectivity index (χ2v) is 8.15. The zero-order valence-electron chi connectivity index (χ0n) is 18.3. The highest BCUT2D eigenvalue weighted by Crippen LogP contribution is 2.38. The van der Waals surface area contributed by atoms with Crippen LogP contribution in [-0.4, -0.2) is 47.6 Å². The number of rotatable bonds is 6. The fourth-order valence-corrected chi connectivity index (χ4v) is 3.84. The van der Waals surface area contributed by atoms with E-state index in [1.54, 1.807) is 24.4 Å². The van der Waals surface area contributed by atoms with Crippen LogP contribution < -0.4 is 15.5 Å². The summed E-state index contributed by atoms with van der Waals surface area (Å²) in [5.74, 6) is 0.179. The maximum Gasteiger partial charge on any atom is 0.252 e. The van der Waals surface area contributed by atoms with E-state index in [4.69, 9.17) is 9.15 Å². The highest BCUT2D eigenvalue weighted by atomic mass is 16.5. The SMILES string of the molecule is CCN(CC)CCNC(=O)c1cc2c(c3oc4ncccc4c(=O)c13)C=CC(C)(C)O2. The van der Waals surface area contributed by atoms with Crippen molar-refractivity contribution in [3.8, 4) is 5.75 Å². The smallest absolute Gasteiger partial charge is 0.252 e. The fourth-order valence-electron chi connectivity index (χ4n) is 3.84. The molecule has 4 rings (SSSR count). The largest absolute Gasteiger partial charge is 0.483 e. The number of ether oxygens (including phenoxy) is 1. The first-order valence-corrected chi connectivity index (χ1v) is 10.6. The molecule has 2 aromatic heterocycles. The van der Waals surface area contributed by atoms with Crippen LogP contribution in [0.15, 0.2) is 39.7 Å². The number of carbonyl (C=O) groups is 1. The molecule has 31 heavy (non-hydrogen) atoms. The van der Waals surface area contributed by atoms with E-state index in [1.807, 2.05) is 26.0 Å². The van der Waals surface area contributed by atoms with Gasteiger partial charge in [0.15, 0.2) is 5.58 Å². The Kier molecular flexibility index (Phi) is 5.54. The Morgan fingerprint density at radius 2 is 2.03 bits per heavy atom. The van der Waals surface area contributed by atoms with E-state index in [2.05, 4.69) is 29.0 Å². The Labute approximate surface area is 180 Å². The van der Waals surface area contributed by atoms with Crippen LogP contribution in [0.4, 0.5) is 0 Å². The summed E-state index contributed by atoms with van der Waals surface area (Å²) >= 11 is 0.